The fraction of sp³-hybridized carbons (Fsp3) is 0.250. The number of imidazole rings is 1. The minimum atomic E-state index is 0.0179. The summed E-state index contributed by atoms with van der Waals surface area (Å²) in [5.41, 5.74) is 1.91. The van der Waals surface area contributed by atoms with Crippen LogP contribution in [0.4, 0.5) is 0 Å². The molecule has 62 valence electrons. The number of hydrogen-bond donors (Lipinski definition) is 2. The van der Waals surface area contributed by atoms with Crippen molar-refractivity contribution in [2.75, 3.05) is 0 Å². The minimum absolute atomic E-state index is 0.0179. The highest BCUT2D eigenvalue weighted by molar-refractivity contribution is 5.70. The number of aromatic amines is 2. The van der Waals surface area contributed by atoms with Crippen molar-refractivity contribution in [2.24, 2.45) is 0 Å². The van der Waals surface area contributed by atoms with Crippen molar-refractivity contribution in [1.29, 1.82) is 0 Å². The zero-order valence-electron chi connectivity index (χ0n) is 6.93. The minimum Gasteiger partial charge on any atom is -0.344 e. The maximum Gasteiger partial charge on any atom is 0.210 e. The fourth-order valence-electron chi connectivity index (χ4n) is 1.20. The van der Waals surface area contributed by atoms with E-state index in [9.17, 15) is 4.79 Å². The van der Waals surface area contributed by atoms with E-state index in [4.69, 9.17) is 0 Å². The molecule has 2 rings (SSSR count). The molecule has 0 saturated carbocycles. The first-order valence-corrected chi connectivity index (χ1v) is 3.73. The Morgan fingerprint density at radius 1 is 1.42 bits per heavy atom. The van der Waals surface area contributed by atoms with Gasteiger partial charge in [-0.3, -0.25) is 4.79 Å². The van der Waals surface area contributed by atoms with Crippen LogP contribution < -0.4 is 5.43 Å². The molecule has 4 heteroatoms. The van der Waals surface area contributed by atoms with E-state index in [0.29, 0.717) is 16.7 Å². The first-order valence-electron chi connectivity index (χ1n) is 3.73. The number of rotatable bonds is 0. The molecule has 0 aliphatic rings. The van der Waals surface area contributed by atoms with Crippen LogP contribution in [0.5, 0.6) is 0 Å². The zero-order chi connectivity index (χ0) is 8.72. The zero-order valence-corrected chi connectivity index (χ0v) is 6.93. The first-order chi connectivity index (χ1) is 5.68. The molecule has 0 radical (unpaired) electrons. The van der Waals surface area contributed by atoms with Crippen molar-refractivity contribution in [3.8, 4) is 0 Å². The summed E-state index contributed by atoms with van der Waals surface area (Å²) in [6.07, 6.45) is 1.67. The number of H-pyrrole nitrogens is 2. The molecule has 0 atom stereocenters. The smallest absolute Gasteiger partial charge is 0.210 e. The van der Waals surface area contributed by atoms with Crippen LogP contribution in [0.3, 0.4) is 0 Å². The summed E-state index contributed by atoms with van der Waals surface area (Å²) in [4.78, 5) is 21.4. The summed E-state index contributed by atoms with van der Waals surface area (Å²) in [5.74, 6) is 0.754. The largest absolute Gasteiger partial charge is 0.344 e. The highest BCUT2D eigenvalue weighted by Gasteiger charge is 2.04. The molecule has 0 unspecified atom stereocenters. The number of nitrogens with one attached hydrogen (secondary N) is 2. The van der Waals surface area contributed by atoms with Crippen molar-refractivity contribution in [3.63, 3.8) is 0 Å². The van der Waals surface area contributed by atoms with Gasteiger partial charge in [0.05, 0.1) is 0 Å². The second-order valence-corrected chi connectivity index (χ2v) is 2.85. The molecule has 0 fully saturated rings. The second-order valence-electron chi connectivity index (χ2n) is 2.85. The van der Waals surface area contributed by atoms with E-state index in [2.05, 4.69) is 15.0 Å². The average molecular weight is 163 g/mol. The van der Waals surface area contributed by atoms with E-state index in [1.165, 1.54) is 0 Å². The molecule has 0 aliphatic heterocycles. The maximum atomic E-state index is 11.5. The van der Waals surface area contributed by atoms with E-state index >= 15 is 0 Å². The van der Waals surface area contributed by atoms with E-state index in [0.717, 1.165) is 5.82 Å². The Bertz CT molecular complexity index is 480. The maximum absolute atomic E-state index is 11.5. The third kappa shape index (κ3) is 0.845. The molecule has 0 spiro atoms. The third-order valence-corrected chi connectivity index (χ3v) is 1.83. The molecule has 0 aromatic carbocycles. The van der Waals surface area contributed by atoms with Crippen molar-refractivity contribution in [3.05, 3.63) is 27.8 Å². The molecule has 0 amide bonds. The predicted octanol–water partition coefficient (Wildman–Crippen LogP) is 0.868. The van der Waals surface area contributed by atoms with Crippen LogP contribution in [0.25, 0.3) is 11.2 Å². The van der Waals surface area contributed by atoms with Crippen LogP contribution in [-0.4, -0.2) is 15.0 Å². The van der Waals surface area contributed by atoms with Gasteiger partial charge in [-0.1, -0.05) is 0 Å². The van der Waals surface area contributed by atoms with Gasteiger partial charge < -0.3 is 9.97 Å². The molecular weight excluding hydrogens is 154 g/mol. The Kier molecular flexibility index (Phi) is 1.30. The topological polar surface area (TPSA) is 61.5 Å². The number of fused-ring (bicyclic) bond motifs is 1. The summed E-state index contributed by atoms with van der Waals surface area (Å²) < 4.78 is 0. The van der Waals surface area contributed by atoms with Gasteiger partial charge in [0, 0.05) is 11.8 Å². The predicted molar refractivity (Wildman–Crippen MR) is 46.2 cm³/mol. The normalized spacial score (nSPS) is 10.8. The van der Waals surface area contributed by atoms with Gasteiger partial charge in [-0.05, 0) is 13.8 Å². The SMILES string of the molecule is Cc1nc2[nH]cc(C)c(=O)c2[nH]1. The van der Waals surface area contributed by atoms with Gasteiger partial charge in [0.25, 0.3) is 0 Å². The lowest BCUT2D eigenvalue weighted by Gasteiger charge is -1.89. The van der Waals surface area contributed by atoms with Crippen LogP contribution in [-0.2, 0) is 0 Å². The van der Waals surface area contributed by atoms with Crippen LogP contribution >= 0.6 is 0 Å². The first kappa shape index (κ1) is 7.09. The molecule has 12 heavy (non-hydrogen) atoms. The number of pyridine rings is 1. The molecule has 2 heterocycles. The number of hydrogen-bond acceptors (Lipinski definition) is 2. The molecule has 0 bridgehead atoms. The standard InChI is InChI=1S/C8H9N3O/c1-4-3-9-8-6(7(4)12)10-5(2)11-8/h3H,1-2H3,(H2,9,10,11,12). The molecule has 2 aromatic heterocycles. The molecule has 0 saturated heterocycles. The highest BCUT2D eigenvalue weighted by atomic mass is 16.1. The molecular formula is C8H9N3O. The number of aryl methyl sites for hydroxylation is 2. The quantitative estimate of drug-likeness (QED) is 0.605. The van der Waals surface area contributed by atoms with E-state index < -0.39 is 0 Å². The van der Waals surface area contributed by atoms with Crippen molar-refractivity contribution in [2.45, 2.75) is 13.8 Å². The molecule has 0 aliphatic carbocycles. The molecule has 2 aromatic rings. The molecule has 2 N–H and O–H groups in total. The summed E-state index contributed by atoms with van der Waals surface area (Å²) >= 11 is 0. The van der Waals surface area contributed by atoms with Crippen molar-refractivity contribution >= 4 is 11.2 Å². The Morgan fingerprint density at radius 2 is 2.17 bits per heavy atom. The highest BCUT2D eigenvalue weighted by Crippen LogP contribution is 2.03. The van der Waals surface area contributed by atoms with Crippen LogP contribution in [0, 0.1) is 13.8 Å². The van der Waals surface area contributed by atoms with Crippen molar-refractivity contribution < 1.29 is 0 Å². The monoisotopic (exact) mass is 163 g/mol. The summed E-state index contributed by atoms with van der Waals surface area (Å²) in [6, 6.07) is 0. The van der Waals surface area contributed by atoms with Gasteiger partial charge in [-0.25, -0.2) is 4.98 Å². The van der Waals surface area contributed by atoms with Gasteiger partial charge >= 0.3 is 0 Å². The lowest BCUT2D eigenvalue weighted by Crippen LogP contribution is -2.05. The van der Waals surface area contributed by atoms with Crippen LogP contribution in [0.2, 0.25) is 0 Å². The van der Waals surface area contributed by atoms with E-state index in [-0.39, 0.29) is 5.43 Å². The third-order valence-electron chi connectivity index (χ3n) is 1.83. The average Bonchev–Trinajstić information content (AvgIpc) is 2.39. The molecule has 4 nitrogen and oxygen atoms in total. The Balaban J connectivity index is 2.99. The Labute approximate surface area is 68.7 Å². The van der Waals surface area contributed by atoms with Crippen LogP contribution in [0.1, 0.15) is 11.4 Å². The number of aromatic nitrogens is 3. The Morgan fingerprint density at radius 3 is 2.92 bits per heavy atom. The van der Waals surface area contributed by atoms with Gasteiger partial charge in [-0.15, -0.1) is 0 Å². The lowest BCUT2D eigenvalue weighted by atomic mass is 10.3. The van der Waals surface area contributed by atoms with Crippen LogP contribution in [0.15, 0.2) is 11.0 Å². The number of nitrogens with zero attached hydrogens (tertiary/aromatic N) is 1. The van der Waals surface area contributed by atoms with Gasteiger partial charge in [-0.2, -0.15) is 0 Å². The second kappa shape index (κ2) is 2.20. The lowest BCUT2D eigenvalue weighted by molar-refractivity contribution is 1.16. The van der Waals surface area contributed by atoms with Gasteiger partial charge in [0.15, 0.2) is 5.65 Å². The summed E-state index contributed by atoms with van der Waals surface area (Å²) in [7, 11) is 0. The summed E-state index contributed by atoms with van der Waals surface area (Å²) in [5, 5.41) is 0. The van der Waals surface area contributed by atoms with Crippen molar-refractivity contribution in [1.82, 2.24) is 15.0 Å². The van der Waals surface area contributed by atoms with Gasteiger partial charge in [0.2, 0.25) is 5.43 Å². The van der Waals surface area contributed by atoms with Gasteiger partial charge in [0.1, 0.15) is 11.3 Å². The Hall–Kier alpha value is -1.58. The fourth-order valence-corrected chi connectivity index (χ4v) is 1.20. The van der Waals surface area contributed by atoms with E-state index in [1.54, 1.807) is 13.1 Å². The summed E-state index contributed by atoms with van der Waals surface area (Å²) in [6.45, 7) is 3.59. The van der Waals surface area contributed by atoms with E-state index in [1.807, 2.05) is 6.92 Å².